The molecule has 1 aliphatic rings. The maximum Gasteiger partial charge on any atom is 0.215 e. The maximum atomic E-state index is 11.1. The van der Waals surface area contributed by atoms with E-state index in [0.717, 1.165) is 6.26 Å². The summed E-state index contributed by atoms with van der Waals surface area (Å²) in [6, 6.07) is 0. The van der Waals surface area contributed by atoms with Crippen molar-refractivity contribution in [1.29, 1.82) is 0 Å². The number of aliphatic hydroxyl groups excluding tert-OH is 4. The lowest BCUT2D eigenvalue weighted by Gasteiger charge is -2.40. The minimum atomic E-state index is -3.92. The van der Waals surface area contributed by atoms with Crippen LogP contribution in [0.15, 0.2) is 0 Å². The van der Waals surface area contributed by atoms with Crippen LogP contribution in [0.25, 0.3) is 0 Å². The summed E-state index contributed by atoms with van der Waals surface area (Å²) in [5.74, 6) is 0. The molecule has 0 spiro atoms. The fourth-order valence-electron chi connectivity index (χ4n) is 1.17. The Labute approximate surface area is 80.4 Å². The third-order valence-corrected chi connectivity index (χ3v) is 3.01. The van der Waals surface area contributed by atoms with Crippen LogP contribution in [0, 0.1) is 0 Å². The summed E-state index contributed by atoms with van der Waals surface area (Å²) < 4.78 is 22.3. The first kappa shape index (κ1) is 11.8. The number of rotatable bonds is 1. The Morgan fingerprint density at radius 2 is 1.43 bits per heavy atom. The van der Waals surface area contributed by atoms with Crippen molar-refractivity contribution in [2.45, 2.75) is 24.9 Å². The zero-order valence-electron chi connectivity index (χ0n) is 7.27. The van der Waals surface area contributed by atoms with Gasteiger partial charge >= 0.3 is 0 Å². The molecule has 0 aromatic rings. The molecule has 1 rings (SSSR count). The fraction of sp³-hybridized carbons (Fsp3) is 1.00. The highest BCUT2D eigenvalue weighted by Gasteiger charge is 2.44. The van der Waals surface area contributed by atoms with Gasteiger partial charge in [-0.25, -0.2) is 8.42 Å². The first-order valence-corrected chi connectivity index (χ1v) is 5.57. The van der Waals surface area contributed by atoms with E-state index in [2.05, 4.69) is 0 Å². The highest BCUT2D eigenvalue weighted by molar-refractivity contribution is 7.88. The maximum absolute atomic E-state index is 11.1. The van der Waals surface area contributed by atoms with Crippen LogP contribution < -0.4 is 5.32 Å². The average molecular weight is 228 g/mol. The van der Waals surface area contributed by atoms with Gasteiger partial charge in [-0.3, -0.25) is 5.32 Å². The van der Waals surface area contributed by atoms with Crippen molar-refractivity contribution >= 4 is 10.0 Å². The lowest BCUT2D eigenvalue weighted by molar-refractivity contribution is -0.201. The lowest BCUT2D eigenvalue weighted by atomic mass is 10.3. The van der Waals surface area contributed by atoms with Crippen molar-refractivity contribution in [3.05, 3.63) is 0 Å². The van der Waals surface area contributed by atoms with Crippen molar-refractivity contribution < 1.29 is 28.8 Å². The predicted molar refractivity (Wildman–Crippen MR) is 43.8 cm³/mol. The van der Waals surface area contributed by atoms with Gasteiger partial charge in [0.2, 0.25) is 10.0 Å². The van der Waals surface area contributed by atoms with Gasteiger partial charge in [-0.05, 0) is 0 Å². The molecule has 4 atom stereocenters. The fourth-order valence-corrected chi connectivity index (χ4v) is 2.19. The number of hydrogen-bond acceptors (Lipinski definition) is 7. The normalized spacial score (nSPS) is 41.2. The van der Waals surface area contributed by atoms with Crippen LogP contribution in [0.2, 0.25) is 0 Å². The number of sulfonamides is 1. The molecule has 0 aromatic heterocycles. The summed E-state index contributed by atoms with van der Waals surface area (Å²) in [5.41, 5.74) is 0. The summed E-state index contributed by atoms with van der Waals surface area (Å²) in [6.07, 6.45) is -6.22. The van der Waals surface area contributed by atoms with E-state index >= 15 is 0 Å². The van der Waals surface area contributed by atoms with Crippen molar-refractivity contribution in [2.24, 2.45) is 0 Å². The van der Waals surface area contributed by atoms with E-state index in [0.29, 0.717) is 0 Å². The number of hydrogen-bond donors (Lipinski definition) is 5. The number of nitrogens with one attached hydrogen (secondary N) is 1. The number of piperazine rings is 1. The molecule has 1 fully saturated rings. The summed E-state index contributed by atoms with van der Waals surface area (Å²) in [6.45, 7) is 0. The van der Waals surface area contributed by atoms with Gasteiger partial charge in [-0.1, -0.05) is 0 Å². The van der Waals surface area contributed by atoms with Crippen LogP contribution in [-0.2, 0) is 10.0 Å². The second-order valence-corrected chi connectivity index (χ2v) is 4.86. The molecule has 5 N–H and O–H groups in total. The summed E-state index contributed by atoms with van der Waals surface area (Å²) in [4.78, 5) is 0. The third-order valence-electron chi connectivity index (χ3n) is 1.81. The molecule has 0 bridgehead atoms. The van der Waals surface area contributed by atoms with Gasteiger partial charge in [0.15, 0.2) is 12.5 Å². The van der Waals surface area contributed by atoms with Crippen molar-refractivity contribution in [3.8, 4) is 0 Å². The molecule has 0 aliphatic carbocycles. The minimum absolute atomic E-state index is 0.221. The van der Waals surface area contributed by atoms with Gasteiger partial charge in [0.1, 0.15) is 12.5 Å². The van der Waals surface area contributed by atoms with E-state index in [1.165, 1.54) is 0 Å². The monoisotopic (exact) mass is 228 g/mol. The smallest absolute Gasteiger partial charge is 0.215 e. The highest BCUT2D eigenvalue weighted by atomic mass is 32.2. The topological polar surface area (TPSA) is 130 Å². The Kier molecular flexibility index (Phi) is 3.11. The van der Waals surface area contributed by atoms with Gasteiger partial charge in [0.05, 0.1) is 6.26 Å². The van der Waals surface area contributed by atoms with E-state index in [1.807, 2.05) is 5.32 Å². The molecule has 4 unspecified atom stereocenters. The van der Waals surface area contributed by atoms with Crippen LogP contribution in [0.1, 0.15) is 0 Å². The lowest BCUT2D eigenvalue weighted by Crippen LogP contribution is -2.68. The Hall–Kier alpha value is -0.290. The van der Waals surface area contributed by atoms with E-state index in [4.69, 9.17) is 10.2 Å². The quantitative estimate of drug-likeness (QED) is 0.310. The summed E-state index contributed by atoms with van der Waals surface area (Å²) >= 11 is 0. The molecular weight excluding hydrogens is 216 g/mol. The molecule has 0 radical (unpaired) electrons. The molecule has 0 aromatic carbocycles. The summed E-state index contributed by atoms with van der Waals surface area (Å²) in [7, 11) is -3.92. The van der Waals surface area contributed by atoms with Crippen molar-refractivity contribution in [1.82, 2.24) is 9.62 Å². The van der Waals surface area contributed by atoms with E-state index in [1.54, 1.807) is 0 Å². The van der Waals surface area contributed by atoms with Gasteiger partial charge in [-0.15, -0.1) is 4.31 Å². The van der Waals surface area contributed by atoms with Gasteiger partial charge in [0.25, 0.3) is 0 Å². The van der Waals surface area contributed by atoms with Crippen LogP contribution in [0.3, 0.4) is 0 Å². The Morgan fingerprint density at radius 3 is 1.71 bits per heavy atom. The largest absolute Gasteiger partial charge is 0.374 e. The molecule has 9 heteroatoms. The molecule has 1 aliphatic heterocycles. The number of aliphatic hydroxyl groups is 4. The predicted octanol–water partition coefficient (Wildman–Crippen LogP) is -3.88. The second kappa shape index (κ2) is 3.70. The first-order chi connectivity index (χ1) is 6.25. The number of nitrogens with zero attached hydrogens (tertiary/aromatic N) is 1. The van der Waals surface area contributed by atoms with Crippen LogP contribution >= 0.6 is 0 Å². The molecule has 0 saturated carbocycles. The molecule has 8 nitrogen and oxygen atoms in total. The molecule has 84 valence electrons. The molecule has 0 amide bonds. The van der Waals surface area contributed by atoms with Crippen molar-refractivity contribution in [2.75, 3.05) is 6.26 Å². The third kappa shape index (κ3) is 2.03. The van der Waals surface area contributed by atoms with Gasteiger partial charge in [0, 0.05) is 0 Å². The zero-order chi connectivity index (χ0) is 11.1. The van der Waals surface area contributed by atoms with E-state index in [9.17, 15) is 18.6 Å². The molecule has 14 heavy (non-hydrogen) atoms. The van der Waals surface area contributed by atoms with Crippen LogP contribution in [0.4, 0.5) is 0 Å². The van der Waals surface area contributed by atoms with Crippen molar-refractivity contribution in [3.63, 3.8) is 0 Å². The molecule has 1 heterocycles. The van der Waals surface area contributed by atoms with E-state index in [-0.39, 0.29) is 4.31 Å². The van der Waals surface area contributed by atoms with Crippen LogP contribution in [0.5, 0.6) is 0 Å². The minimum Gasteiger partial charge on any atom is -0.374 e. The SMILES string of the molecule is CS(=O)(=O)N1C(O)C(O)NC(O)C1O. The Morgan fingerprint density at radius 1 is 1.07 bits per heavy atom. The molecular formula is C5H12N2O6S. The Balaban J connectivity index is 3.00. The second-order valence-electron chi connectivity index (χ2n) is 2.98. The van der Waals surface area contributed by atoms with Gasteiger partial charge in [-0.2, -0.15) is 0 Å². The summed E-state index contributed by atoms with van der Waals surface area (Å²) in [5, 5.41) is 38.6. The standard InChI is InChI=1S/C5H12N2O6S/c1-14(12,13)7-4(10)2(8)6-3(9)5(7)11/h2-6,8-11H,1H3. The first-order valence-electron chi connectivity index (χ1n) is 3.72. The average Bonchev–Trinajstić information content (AvgIpc) is 1.98. The molecule has 1 saturated heterocycles. The highest BCUT2D eigenvalue weighted by Crippen LogP contribution is 2.17. The zero-order valence-corrected chi connectivity index (χ0v) is 8.09. The van der Waals surface area contributed by atoms with Gasteiger partial charge < -0.3 is 20.4 Å². The van der Waals surface area contributed by atoms with E-state index < -0.39 is 34.9 Å². The van der Waals surface area contributed by atoms with Crippen LogP contribution in [-0.4, -0.2) is 64.3 Å². The Bertz CT molecular complexity index is 291.